The zero-order valence-corrected chi connectivity index (χ0v) is 14.0. The monoisotopic (exact) mass is 294 g/mol. The summed E-state index contributed by atoms with van der Waals surface area (Å²) in [6.45, 7) is 8.28. The highest BCUT2D eigenvalue weighted by Crippen LogP contribution is 2.41. The van der Waals surface area contributed by atoms with Crippen molar-refractivity contribution in [2.75, 3.05) is 0 Å². The van der Waals surface area contributed by atoms with Gasteiger partial charge < -0.3 is 10.2 Å². The third-order valence-electron chi connectivity index (χ3n) is 5.64. The second kappa shape index (κ2) is 5.98. The van der Waals surface area contributed by atoms with E-state index in [1.165, 1.54) is 0 Å². The van der Waals surface area contributed by atoms with Crippen molar-refractivity contribution in [3.05, 3.63) is 0 Å². The molecule has 2 fully saturated rings. The zero-order valence-electron chi connectivity index (χ0n) is 14.0. The van der Waals surface area contributed by atoms with Gasteiger partial charge in [0, 0.05) is 6.04 Å². The largest absolute Gasteiger partial charge is 0.340 e. The van der Waals surface area contributed by atoms with Crippen LogP contribution in [0, 0.1) is 0 Å². The molecule has 1 N–H and O–H groups in total. The van der Waals surface area contributed by atoms with Gasteiger partial charge in [0.15, 0.2) is 0 Å². The molecular weight excluding hydrogens is 264 g/mol. The molecule has 1 atom stereocenters. The highest BCUT2D eigenvalue weighted by atomic mass is 16.2. The number of nitrogens with zero attached hydrogens (tertiary/aromatic N) is 1. The molecule has 1 aliphatic carbocycles. The molecule has 4 heteroatoms. The van der Waals surface area contributed by atoms with Gasteiger partial charge in [-0.15, -0.1) is 0 Å². The minimum Gasteiger partial charge on any atom is -0.340 e. The summed E-state index contributed by atoms with van der Waals surface area (Å²) in [7, 11) is 0. The Morgan fingerprint density at radius 2 is 1.71 bits per heavy atom. The van der Waals surface area contributed by atoms with Crippen LogP contribution < -0.4 is 5.32 Å². The lowest BCUT2D eigenvalue weighted by molar-refractivity contribution is -0.167. The Balaban J connectivity index is 2.44. The minimum absolute atomic E-state index is 0.0666. The van der Waals surface area contributed by atoms with Crippen LogP contribution in [0.3, 0.4) is 0 Å². The summed E-state index contributed by atoms with van der Waals surface area (Å²) < 4.78 is 0. The maximum atomic E-state index is 13.3. The van der Waals surface area contributed by atoms with Crippen molar-refractivity contribution < 1.29 is 9.59 Å². The van der Waals surface area contributed by atoms with Gasteiger partial charge in [0.25, 0.3) is 0 Å². The Bertz CT molecular complexity index is 409. The van der Waals surface area contributed by atoms with E-state index >= 15 is 0 Å². The van der Waals surface area contributed by atoms with Crippen LogP contribution >= 0.6 is 0 Å². The van der Waals surface area contributed by atoms with Crippen LogP contribution in [0.4, 0.5) is 0 Å². The Morgan fingerprint density at radius 3 is 2.19 bits per heavy atom. The fraction of sp³-hybridized carbons (Fsp3) is 0.882. The molecule has 1 unspecified atom stereocenters. The summed E-state index contributed by atoms with van der Waals surface area (Å²) in [5.41, 5.74) is -1.26. The predicted octanol–water partition coefficient (Wildman–Crippen LogP) is 3.01. The second-order valence-electron chi connectivity index (χ2n) is 6.79. The van der Waals surface area contributed by atoms with Gasteiger partial charge in [0.1, 0.15) is 11.1 Å². The Labute approximate surface area is 128 Å². The summed E-state index contributed by atoms with van der Waals surface area (Å²) in [6.07, 6.45) is 7.03. The number of carbonyl (C=O) groups is 2. The van der Waals surface area contributed by atoms with Crippen molar-refractivity contribution in [2.45, 2.75) is 96.2 Å². The molecule has 4 nitrogen and oxygen atoms in total. The zero-order chi connectivity index (χ0) is 15.7. The van der Waals surface area contributed by atoms with Gasteiger partial charge in [-0.2, -0.15) is 0 Å². The topological polar surface area (TPSA) is 49.4 Å². The van der Waals surface area contributed by atoms with Crippen molar-refractivity contribution in [2.24, 2.45) is 0 Å². The molecule has 0 radical (unpaired) electrons. The number of carbonyl (C=O) groups excluding carboxylic acids is 2. The van der Waals surface area contributed by atoms with Crippen molar-refractivity contribution >= 4 is 11.8 Å². The van der Waals surface area contributed by atoms with E-state index in [2.05, 4.69) is 19.2 Å². The van der Waals surface area contributed by atoms with Gasteiger partial charge >= 0.3 is 0 Å². The van der Waals surface area contributed by atoms with Crippen LogP contribution in [-0.4, -0.2) is 33.8 Å². The van der Waals surface area contributed by atoms with Crippen LogP contribution in [-0.2, 0) is 9.59 Å². The SMILES string of the molecule is CCCC(C)N1C(=O)C2(CCCC2)NC(=O)C1(CC)CC. The first-order chi connectivity index (χ1) is 9.97. The second-order valence-corrected chi connectivity index (χ2v) is 6.79. The van der Waals surface area contributed by atoms with E-state index in [4.69, 9.17) is 0 Å². The number of rotatable bonds is 5. The molecule has 0 bridgehead atoms. The summed E-state index contributed by atoms with van der Waals surface area (Å²) in [6, 6.07) is 0.130. The Morgan fingerprint density at radius 1 is 1.14 bits per heavy atom. The van der Waals surface area contributed by atoms with Gasteiger partial charge in [-0.3, -0.25) is 9.59 Å². The van der Waals surface area contributed by atoms with E-state index in [-0.39, 0.29) is 17.9 Å². The summed E-state index contributed by atoms with van der Waals surface area (Å²) in [5.74, 6) is 0.237. The van der Waals surface area contributed by atoms with Crippen molar-refractivity contribution in [1.29, 1.82) is 0 Å². The van der Waals surface area contributed by atoms with Crippen LogP contribution in [0.5, 0.6) is 0 Å². The number of amides is 2. The standard InChI is InChI=1S/C17H30N2O2/c1-5-10-13(4)19-15(21)16(11-8-9-12-16)18-14(20)17(19,6-2)7-3/h13H,5-12H2,1-4H3,(H,18,20). The highest BCUT2D eigenvalue weighted by Gasteiger charge is 2.58. The normalized spacial score (nSPS) is 25.2. The molecule has 2 aliphatic rings. The molecule has 1 heterocycles. The van der Waals surface area contributed by atoms with Crippen LogP contribution in [0.1, 0.15) is 79.1 Å². The molecule has 21 heavy (non-hydrogen) atoms. The molecule has 2 amide bonds. The first-order valence-electron chi connectivity index (χ1n) is 8.63. The third-order valence-corrected chi connectivity index (χ3v) is 5.64. The molecule has 0 aromatic rings. The fourth-order valence-corrected chi connectivity index (χ4v) is 4.32. The lowest BCUT2D eigenvalue weighted by Gasteiger charge is -2.53. The number of piperazine rings is 1. The van der Waals surface area contributed by atoms with Gasteiger partial charge in [-0.1, -0.05) is 40.0 Å². The Kier molecular flexibility index (Phi) is 4.64. The van der Waals surface area contributed by atoms with Gasteiger partial charge in [-0.25, -0.2) is 0 Å². The number of hydrogen-bond donors (Lipinski definition) is 1. The van der Waals surface area contributed by atoms with E-state index in [1.807, 2.05) is 18.7 Å². The molecule has 0 aromatic heterocycles. The summed E-state index contributed by atoms with van der Waals surface area (Å²) in [4.78, 5) is 28.1. The lowest BCUT2D eigenvalue weighted by atomic mass is 9.79. The maximum Gasteiger partial charge on any atom is 0.249 e. The quantitative estimate of drug-likeness (QED) is 0.847. The molecule has 2 rings (SSSR count). The average molecular weight is 294 g/mol. The number of hydrogen-bond acceptors (Lipinski definition) is 2. The maximum absolute atomic E-state index is 13.3. The predicted molar refractivity (Wildman–Crippen MR) is 83.9 cm³/mol. The molecule has 0 aromatic carbocycles. The van der Waals surface area contributed by atoms with E-state index in [9.17, 15) is 9.59 Å². The molecule has 120 valence electrons. The van der Waals surface area contributed by atoms with E-state index in [0.717, 1.165) is 38.5 Å². The lowest BCUT2D eigenvalue weighted by Crippen LogP contribution is -2.76. The first-order valence-corrected chi connectivity index (χ1v) is 8.63. The van der Waals surface area contributed by atoms with Gasteiger partial charge in [0.2, 0.25) is 11.8 Å². The minimum atomic E-state index is -0.653. The molecule has 1 spiro atoms. The van der Waals surface area contributed by atoms with E-state index in [0.29, 0.717) is 12.8 Å². The van der Waals surface area contributed by atoms with Crippen molar-refractivity contribution in [3.63, 3.8) is 0 Å². The van der Waals surface area contributed by atoms with Gasteiger partial charge in [0.05, 0.1) is 0 Å². The number of nitrogens with one attached hydrogen (secondary N) is 1. The molecular formula is C17H30N2O2. The van der Waals surface area contributed by atoms with Crippen molar-refractivity contribution in [1.82, 2.24) is 10.2 Å². The average Bonchev–Trinajstić information content (AvgIpc) is 2.92. The van der Waals surface area contributed by atoms with Crippen molar-refractivity contribution in [3.8, 4) is 0 Å². The fourth-order valence-electron chi connectivity index (χ4n) is 4.32. The summed E-state index contributed by atoms with van der Waals surface area (Å²) >= 11 is 0. The molecule has 1 saturated heterocycles. The highest BCUT2D eigenvalue weighted by molar-refractivity contribution is 6.02. The summed E-state index contributed by atoms with van der Waals surface area (Å²) in [5, 5.41) is 3.13. The third kappa shape index (κ3) is 2.36. The molecule has 1 aliphatic heterocycles. The van der Waals surface area contributed by atoms with Crippen LogP contribution in [0.25, 0.3) is 0 Å². The van der Waals surface area contributed by atoms with E-state index in [1.54, 1.807) is 0 Å². The Hall–Kier alpha value is -1.06. The first kappa shape index (κ1) is 16.3. The van der Waals surface area contributed by atoms with E-state index < -0.39 is 11.1 Å². The van der Waals surface area contributed by atoms with Crippen LogP contribution in [0.15, 0.2) is 0 Å². The van der Waals surface area contributed by atoms with Gasteiger partial charge in [-0.05, 0) is 39.0 Å². The molecule has 1 saturated carbocycles. The smallest absolute Gasteiger partial charge is 0.249 e. The van der Waals surface area contributed by atoms with Crippen LogP contribution in [0.2, 0.25) is 0 Å².